The lowest BCUT2D eigenvalue weighted by molar-refractivity contribution is 0.378. The summed E-state index contributed by atoms with van der Waals surface area (Å²) >= 11 is 0. The number of H-pyrrole nitrogens is 1. The van der Waals surface area contributed by atoms with E-state index in [4.69, 9.17) is 0 Å². The normalized spacial score (nSPS) is 20.9. The Labute approximate surface area is 104 Å². The van der Waals surface area contributed by atoms with Crippen LogP contribution in [0, 0.1) is 11.7 Å². The lowest BCUT2D eigenvalue weighted by Gasteiger charge is -2.11. The maximum Gasteiger partial charge on any atom is 0.326 e. The van der Waals surface area contributed by atoms with Crippen molar-refractivity contribution in [2.24, 2.45) is 5.92 Å². The van der Waals surface area contributed by atoms with Crippen molar-refractivity contribution < 1.29 is 4.39 Å². The molecular weight excluding hydrogens is 233 g/mol. The van der Waals surface area contributed by atoms with Gasteiger partial charge in [0.2, 0.25) is 0 Å². The van der Waals surface area contributed by atoms with E-state index in [1.807, 2.05) is 0 Å². The molecule has 3 rings (SSSR count). The predicted molar refractivity (Wildman–Crippen MR) is 68.1 cm³/mol. The van der Waals surface area contributed by atoms with Gasteiger partial charge in [-0.2, -0.15) is 0 Å². The molecule has 1 aliphatic rings. The van der Waals surface area contributed by atoms with E-state index in [-0.39, 0.29) is 11.5 Å². The number of halogens is 1. The van der Waals surface area contributed by atoms with Gasteiger partial charge in [0.15, 0.2) is 0 Å². The monoisotopic (exact) mass is 249 g/mol. The number of nitrogens with one attached hydrogen (secondary N) is 1. The Bertz CT molecular complexity index is 631. The molecular formula is C13H16FN3O. The standard InChI is InChI=1S/C13H16FN3O/c1-16-6-5-9(7-16)8-17-11-4-2-3-10(14)12(11)15-13(17)18/h2-4,9H,5-8H2,1H3,(H,15,18). The second kappa shape index (κ2) is 4.24. The Morgan fingerprint density at radius 3 is 3.06 bits per heavy atom. The van der Waals surface area contributed by atoms with Gasteiger partial charge < -0.3 is 9.88 Å². The lowest BCUT2D eigenvalue weighted by Crippen LogP contribution is -2.23. The third kappa shape index (κ3) is 1.84. The molecule has 4 nitrogen and oxygen atoms in total. The molecule has 18 heavy (non-hydrogen) atoms. The van der Waals surface area contributed by atoms with Gasteiger partial charge in [0.05, 0.1) is 5.52 Å². The molecule has 2 aromatic rings. The van der Waals surface area contributed by atoms with Gasteiger partial charge in [0.25, 0.3) is 0 Å². The fourth-order valence-corrected chi connectivity index (χ4v) is 2.76. The molecule has 0 spiro atoms. The Balaban J connectivity index is 1.99. The molecule has 0 bridgehead atoms. The highest BCUT2D eigenvalue weighted by molar-refractivity contribution is 5.75. The molecule has 1 aromatic heterocycles. The van der Waals surface area contributed by atoms with Crippen LogP contribution in [-0.4, -0.2) is 34.6 Å². The van der Waals surface area contributed by atoms with E-state index in [1.165, 1.54) is 6.07 Å². The van der Waals surface area contributed by atoms with Gasteiger partial charge in [0, 0.05) is 13.1 Å². The van der Waals surface area contributed by atoms with Crippen molar-refractivity contribution in [2.75, 3.05) is 20.1 Å². The van der Waals surface area contributed by atoms with Gasteiger partial charge in [-0.25, -0.2) is 9.18 Å². The summed E-state index contributed by atoms with van der Waals surface area (Å²) in [5.74, 6) is 0.0989. The molecule has 1 unspecified atom stereocenters. The van der Waals surface area contributed by atoms with E-state index >= 15 is 0 Å². The summed E-state index contributed by atoms with van der Waals surface area (Å²) in [4.78, 5) is 16.7. The molecule has 96 valence electrons. The second-order valence-electron chi connectivity index (χ2n) is 5.09. The van der Waals surface area contributed by atoms with Crippen LogP contribution in [0.25, 0.3) is 11.0 Å². The average molecular weight is 249 g/mol. The third-order valence-corrected chi connectivity index (χ3v) is 3.69. The van der Waals surface area contributed by atoms with Gasteiger partial charge in [-0.1, -0.05) is 6.07 Å². The number of hydrogen-bond donors (Lipinski definition) is 1. The van der Waals surface area contributed by atoms with Crippen molar-refractivity contribution in [3.8, 4) is 0 Å². The van der Waals surface area contributed by atoms with Crippen molar-refractivity contribution in [3.63, 3.8) is 0 Å². The summed E-state index contributed by atoms with van der Waals surface area (Å²) in [6, 6.07) is 4.79. The predicted octanol–water partition coefficient (Wildman–Crippen LogP) is 1.42. The number of nitrogens with zero attached hydrogens (tertiary/aromatic N) is 2. The number of benzene rings is 1. The smallest absolute Gasteiger partial charge is 0.306 e. The molecule has 0 amide bonds. The number of imidazole rings is 1. The second-order valence-corrected chi connectivity index (χ2v) is 5.09. The number of rotatable bonds is 2. The summed E-state index contributed by atoms with van der Waals surface area (Å²) in [6.07, 6.45) is 1.09. The summed E-state index contributed by atoms with van der Waals surface area (Å²) < 4.78 is 15.2. The first-order valence-corrected chi connectivity index (χ1v) is 6.20. The molecule has 5 heteroatoms. The number of aromatic amines is 1. The third-order valence-electron chi connectivity index (χ3n) is 3.69. The van der Waals surface area contributed by atoms with Crippen LogP contribution in [0.1, 0.15) is 6.42 Å². The molecule has 1 aromatic carbocycles. The number of para-hydroxylation sites is 1. The maximum atomic E-state index is 13.6. The summed E-state index contributed by atoms with van der Waals surface area (Å²) in [6.45, 7) is 2.72. The van der Waals surface area contributed by atoms with E-state index in [9.17, 15) is 9.18 Å². The topological polar surface area (TPSA) is 41.0 Å². The first-order chi connectivity index (χ1) is 8.65. The number of aromatic nitrogens is 2. The molecule has 2 heterocycles. The van der Waals surface area contributed by atoms with Crippen molar-refractivity contribution >= 4 is 11.0 Å². The zero-order valence-corrected chi connectivity index (χ0v) is 10.3. The first kappa shape index (κ1) is 11.5. The molecule has 0 radical (unpaired) electrons. The van der Waals surface area contributed by atoms with Crippen LogP contribution in [0.5, 0.6) is 0 Å². The molecule has 1 saturated heterocycles. The van der Waals surface area contributed by atoms with Crippen LogP contribution in [0.3, 0.4) is 0 Å². The number of likely N-dealkylation sites (tertiary alicyclic amines) is 1. The fourth-order valence-electron chi connectivity index (χ4n) is 2.76. The van der Waals surface area contributed by atoms with Gasteiger partial charge >= 0.3 is 5.69 Å². The van der Waals surface area contributed by atoms with E-state index in [0.717, 1.165) is 19.5 Å². The minimum absolute atomic E-state index is 0.218. The zero-order chi connectivity index (χ0) is 12.7. The quantitative estimate of drug-likeness (QED) is 0.874. The highest BCUT2D eigenvalue weighted by Crippen LogP contribution is 2.19. The van der Waals surface area contributed by atoms with Crippen molar-refractivity contribution in [1.29, 1.82) is 0 Å². The molecule has 1 N–H and O–H groups in total. The molecule has 1 atom stereocenters. The Morgan fingerprint density at radius 1 is 1.50 bits per heavy atom. The fraction of sp³-hybridized carbons (Fsp3) is 0.462. The highest BCUT2D eigenvalue weighted by Gasteiger charge is 2.21. The van der Waals surface area contributed by atoms with Crippen molar-refractivity contribution in [1.82, 2.24) is 14.5 Å². The van der Waals surface area contributed by atoms with Crippen molar-refractivity contribution in [2.45, 2.75) is 13.0 Å². The van der Waals surface area contributed by atoms with E-state index in [0.29, 0.717) is 23.5 Å². The van der Waals surface area contributed by atoms with E-state index in [2.05, 4.69) is 16.9 Å². The zero-order valence-electron chi connectivity index (χ0n) is 10.3. The van der Waals surface area contributed by atoms with Gasteiger partial charge in [-0.3, -0.25) is 4.57 Å². The van der Waals surface area contributed by atoms with Crippen LogP contribution in [-0.2, 0) is 6.54 Å². The van der Waals surface area contributed by atoms with Crippen LogP contribution >= 0.6 is 0 Å². The van der Waals surface area contributed by atoms with Crippen LogP contribution in [0.15, 0.2) is 23.0 Å². The van der Waals surface area contributed by atoms with Crippen LogP contribution < -0.4 is 5.69 Å². The Kier molecular flexibility index (Phi) is 2.70. The van der Waals surface area contributed by atoms with Gasteiger partial charge in [-0.15, -0.1) is 0 Å². The maximum absolute atomic E-state index is 13.6. The van der Waals surface area contributed by atoms with Crippen molar-refractivity contribution in [3.05, 3.63) is 34.5 Å². The Hall–Kier alpha value is -1.62. The van der Waals surface area contributed by atoms with Crippen LogP contribution in [0.4, 0.5) is 4.39 Å². The molecule has 0 saturated carbocycles. The molecule has 0 aliphatic carbocycles. The number of hydrogen-bond acceptors (Lipinski definition) is 2. The average Bonchev–Trinajstić information content (AvgIpc) is 2.87. The number of fused-ring (bicyclic) bond motifs is 1. The SMILES string of the molecule is CN1CCC(Cn2c(=O)[nH]c3c(F)cccc32)C1. The van der Waals surface area contributed by atoms with E-state index < -0.39 is 0 Å². The van der Waals surface area contributed by atoms with Crippen LogP contribution in [0.2, 0.25) is 0 Å². The summed E-state index contributed by atoms with van der Waals surface area (Å²) in [5.41, 5.74) is 0.757. The largest absolute Gasteiger partial charge is 0.326 e. The molecule has 1 fully saturated rings. The summed E-state index contributed by atoms with van der Waals surface area (Å²) in [5, 5.41) is 0. The van der Waals surface area contributed by atoms with Gasteiger partial charge in [0.1, 0.15) is 11.3 Å². The van der Waals surface area contributed by atoms with E-state index in [1.54, 1.807) is 16.7 Å². The molecule has 1 aliphatic heterocycles. The first-order valence-electron chi connectivity index (χ1n) is 6.20. The van der Waals surface area contributed by atoms with Gasteiger partial charge in [-0.05, 0) is 38.1 Å². The highest BCUT2D eigenvalue weighted by atomic mass is 19.1. The minimum atomic E-state index is -0.369. The minimum Gasteiger partial charge on any atom is -0.306 e. The lowest BCUT2D eigenvalue weighted by atomic mass is 10.1. The Morgan fingerprint density at radius 2 is 2.33 bits per heavy atom. The summed E-state index contributed by atoms with van der Waals surface area (Å²) in [7, 11) is 2.08.